The lowest BCUT2D eigenvalue weighted by Crippen LogP contribution is -2.33. The molecule has 2 aliphatic rings. The Labute approximate surface area is 228 Å². The Morgan fingerprint density at radius 1 is 0.842 bits per heavy atom. The predicted octanol–water partition coefficient (Wildman–Crippen LogP) is 9.04. The number of hydrogen-bond acceptors (Lipinski definition) is 3. The zero-order valence-corrected chi connectivity index (χ0v) is 21.7. The number of alkyl halides is 4. The van der Waals surface area contributed by atoms with E-state index < -0.39 is 17.9 Å². The topological polar surface area (TPSA) is 64.4 Å². The summed E-state index contributed by atoms with van der Waals surface area (Å²) in [6.45, 7) is 0.162. The van der Waals surface area contributed by atoms with Crippen LogP contribution in [-0.2, 0) is 11.3 Å². The van der Waals surface area contributed by atoms with E-state index in [0.717, 1.165) is 11.1 Å². The number of halogens is 6. The quantitative estimate of drug-likeness (QED) is 0.238. The van der Waals surface area contributed by atoms with E-state index in [1.807, 2.05) is 30.3 Å². The predicted molar refractivity (Wildman–Crippen MR) is 141 cm³/mol. The number of nitrogen functional groups attached to an aromatic ring is 1. The fourth-order valence-corrected chi connectivity index (χ4v) is 5.13. The molecule has 0 heterocycles. The van der Waals surface area contributed by atoms with Gasteiger partial charge in [0.1, 0.15) is 6.61 Å². The molecule has 0 aliphatic heterocycles. The van der Waals surface area contributed by atoms with Gasteiger partial charge in [-0.1, -0.05) is 65.7 Å². The molecule has 0 saturated heterocycles. The van der Waals surface area contributed by atoms with E-state index in [4.69, 9.17) is 33.7 Å². The Bertz CT molecular complexity index is 1280. The molecule has 2 fully saturated rings. The molecule has 1 amide bonds. The second kappa shape index (κ2) is 11.4. The second-order valence-corrected chi connectivity index (χ2v) is 10.4. The van der Waals surface area contributed by atoms with Gasteiger partial charge >= 0.3 is 6.09 Å². The number of carbonyl (C=O) groups excluding carboxylic acids is 1. The summed E-state index contributed by atoms with van der Waals surface area (Å²) in [5.74, 6) is -5.44. The van der Waals surface area contributed by atoms with Crippen molar-refractivity contribution in [3.63, 3.8) is 0 Å². The van der Waals surface area contributed by atoms with Gasteiger partial charge in [-0.05, 0) is 52.8 Å². The van der Waals surface area contributed by atoms with Crippen LogP contribution in [0.1, 0.15) is 54.2 Å². The molecular weight excluding hydrogens is 543 g/mol. The number of benzene rings is 3. The molecule has 0 unspecified atom stereocenters. The molecule has 4 nitrogen and oxygen atoms in total. The maximum atomic E-state index is 13.0. The van der Waals surface area contributed by atoms with Crippen molar-refractivity contribution in [1.29, 1.82) is 0 Å². The van der Waals surface area contributed by atoms with Crippen molar-refractivity contribution in [2.75, 3.05) is 11.1 Å². The number of nitrogens with two attached hydrogens (primary N) is 1. The summed E-state index contributed by atoms with van der Waals surface area (Å²) < 4.78 is 56.3. The van der Waals surface area contributed by atoms with Gasteiger partial charge < -0.3 is 10.5 Å². The van der Waals surface area contributed by atoms with Gasteiger partial charge in [-0.3, -0.25) is 5.32 Å². The Morgan fingerprint density at radius 3 is 1.87 bits per heavy atom. The third kappa shape index (κ3) is 7.32. The Hall–Kier alpha value is -2.97. The van der Waals surface area contributed by atoms with Gasteiger partial charge in [-0.15, -0.1) is 0 Å². The number of hydrogen-bond donors (Lipinski definition) is 2. The summed E-state index contributed by atoms with van der Waals surface area (Å²) in [4.78, 5) is 11.8. The van der Waals surface area contributed by atoms with Crippen molar-refractivity contribution in [2.24, 2.45) is 0 Å². The molecule has 5 rings (SSSR count). The van der Waals surface area contributed by atoms with Crippen molar-refractivity contribution in [2.45, 2.75) is 56.0 Å². The van der Waals surface area contributed by atoms with Crippen LogP contribution in [0.15, 0.2) is 66.7 Å². The lowest BCUT2D eigenvalue weighted by molar-refractivity contribution is -0.0873. The van der Waals surface area contributed by atoms with Crippen molar-refractivity contribution in [1.82, 2.24) is 0 Å². The normalized spacial score (nSPS) is 17.8. The molecule has 10 heteroatoms. The summed E-state index contributed by atoms with van der Waals surface area (Å²) in [5, 5.41) is 3.44. The van der Waals surface area contributed by atoms with E-state index in [1.165, 1.54) is 0 Å². The average molecular weight is 569 g/mol. The number of nitrogens with one attached hydrogen (secondary N) is 1. The Morgan fingerprint density at radius 2 is 1.37 bits per heavy atom. The molecule has 0 atom stereocenters. The van der Waals surface area contributed by atoms with Gasteiger partial charge in [0, 0.05) is 47.1 Å². The fourth-order valence-electron chi connectivity index (χ4n) is 4.45. The molecule has 3 N–H and O–H groups in total. The second-order valence-electron chi connectivity index (χ2n) is 9.63. The average Bonchev–Trinajstić information content (AvgIpc) is 2.81. The van der Waals surface area contributed by atoms with Crippen LogP contribution in [0.2, 0.25) is 10.0 Å². The van der Waals surface area contributed by atoms with E-state index in [9.17, 15) is 22.4 Å². The molecule has 0 bridgehead atoms. The lowest BCUT2D eigenvalue weighted by Gasteiger charge is -2.35. The van der Waals surface area contributed by atoms with E-state index in [-0.39, 0.29) is 44.1 Å². The van der Waals surface area contributed by atoms with Crippen LogP contribution in [0.3, 0.4) is 0 Å². The third-order valence-electron chi connectivity index (χ3n) is 6.54. The van der Waals surface area contributed by atoms with E-state index in [1.54, 1.807) is 36.4 Å². The van der Waals surface area contributed by atoms with Crippen LogP contribution in [0.5, 0.6) is 0 Å². The van der Waals surface area contributed by atoms with Gasteiger partial charge in [-0.2, -0.15) is 0 Å². The highest BCUT2D eigenvalue weighted by Gasteiger charge is 2.47. The van der Waals surface area contributed by atoms with Crippen LogP contribution < -0.4 is 11.1 Å². The largest absolute Gasteiger partial charge is 0.444 e. The molecule has 3 aromatic rings. The first-order valence-corrected chi connectivity index (χ1v) is 12.7. The lowest BCUT2D eigenvalue weighted by atomic mass is 9.77. The molecule has 3 aromatic carbocycles. The van der Waals surface area contributed by atoms with Crippen molar-refractivity contribution < 1.29 is 27.1 Å². The first-order chi connectivity index (χ1) is 17.9. The van der Waals surface area contributed by atoms with Crippen LogP contribution in [0, 0.1) is 0 Å². The number of rotatable bonds is 5. The monoisotopic (exact) mass is 568 g/mol. The molecule has 2 aliphatic carbocycles. The molecule has 0 radical (unpaired) electrons. The fraction of sp³-hybridized carbons (Fsp3) is 0.321. The molecule has 0 aromatic heterocycles. The van der Waals surface area contributed by atoms with Crippen LogP contribution in [0.25, 0.3) is 0 Å². The Balaban J connectivity index is 0.000000204. The minimum atomic E-state index is -2.59. The van der Waals surface area contributed by atoms with Gasteiger partial charge in [0.2, 0.25) is 11.8 Å². The molecular formula is C28H26Cl2F4N2O2. The number of ether oxygens (including phenoxy) is 1. The Kier molecular flexibility index (Phi) is 8.43. The summed E-state index contributed by atoms with van der Waals surface area (Å²) in [7, 11) is 0. The van der Waals surface area contributed by atoms with Gasteiger partial charge in [0.05, 0.1) is 0 Å². The summed E-state index contributed by atoms with van der Waals surface area (Å²) in [5.41, 5.74) is 8.88. The highest BCUT2D eigenvalue weighted by Crippen LogP contribution is 2.51. The molecule has 38 heavy (non-hydrogen) atoms. The van der Waals surface area contributed by atoms with E-state index in [0.29, 0.717) is 27.0 Å². The summed E-state index contributed by atoms with van der Waals surface area (Å²) in [6.07, 6.45) is -1.16. The van der Waals surface area contributed by atoms with E-state index in [2.05, 4.69) is 5.32 Å². The van der Waals surface area contributed by atoms with Gasteiger partial charge in [0.15, 0.2) is 0 Å². The SMILES string of the molecule is Nc1ccc(C2CC(F)(F)C2)c(Cl)c1.O=C(Nc1ccc(C2CC(F)(F)C2)c(Cl)c1)OCc1ccccc1. The minimum absolute atomic E-state index is 0.101. The minimum Gasteiger partial charge on any atom is -0.444 e. The first kappa shape index (κ1) is 28.0. The standard InChI is InChI=1S/C18H16ClF2NO2.C10H10ClF2N/c19-16-8-14(6-7-15(16)13-9-18(20,21)10-13)22-17(23)24-11-12-4-2-1-3-5-12;11-9-3-7(14)1-2-8(9)6-4-10(12,13)5-6/h1-8,13H,9-11H2,(H,22,23);1-3,6H,4-5,14H2. The van der Waals surface area contributed by atoms with E-state index >= 15 is 0 Å². The number of anilines is 2. The van der Waals surface area contributed by atoms with Crippen LogP contribution >= 0.6 is 23.2 Å². The zero-order valence-electron chi connectivity index (χ0n) is 20.2. The maximum Gasteiger partial charge on any atom is 0.411 e. The smallest absolute Gasteiger partial charge is 0.411 e. The summed E-state index contributed by atoms with van der Waals surface area (Å²) >= 11 is 12.1. The molecule has 0 spiro atoms. The van der Waals surface area contributed by atoms with Crippen molar-refractivity contribution >= 4 is 40.7 Å². The highest BCUT2D eigenvalue weighted by atomic mass is 35.5. The third-order valence-corrected chi connectivity index (χ3v) is 7.20. The van der Waals surface area contributed by atoms with Crippen molar-refractivity contribution in [3.05, 3.63) is 93.5 Å². The van der Waals surface area contributed by atoms with Gasteiger partial charge in [-0.25, -0.2) is 22.4 Å². The summed E-state index contributed by atoms with van der Waals surface area (Å²) in [6, 6.07) is 19.2. The highest BCUT2D eigenvalue weighted by molar-refractivity contribution is 6.32. The van der Waals surface area contributed by atoms with Gasteiger partial charge in [0.25, 0.3) is 0 Å². The first-order valence-electron chi connectivity index (χ1n) is 12.0. The molecule has 202 valence electrons. The number of carbonyl (C=O) groups is 1. The van der Waals surface area contributed by atoms with Crippen molar-refractivity contribution in [3.8, 4) is 0 Å². The van der Waals surface area contributed by atoms with Crippen LogP contribution in [0.4, 0.5) is 33.7 Å². The maximum absolute atomic E-state index is 13.0. The zero-order chi connectivity index (χ0) is 27.5. The number of amides is 1. The van der Waals surface area contributed by atoms with Crippen LogP contribution in [-0.4, -0.2) is 17.9 Å². The molecule has 2 saturated carbocycles.